The van der Waals surface area contributed by atoms with Crippen LogP contribution in [0.1, 0.15) is 252 Å². The van der Waals surface area contributed by atoms with Crippen LogP contribution < -0.4 is 0 Å². The van der Waals surface area contributed by atoms with E-state index in [9.17, 15) is 34.5 Å². The maximum atomic E-state index is 13.2. The Kier molecular flexibility index (Phi) is 52.8. The van der Waals surface area contributed by atoms with Gasteiger partial charge in [-0.25, -0.2) is 4.79 Å². The third-order valence-electron chi connectivity index (χ3n) is 14.0. The van der Waals surface area contributed by atoms with Gasteiger partial charge in [0.25, 0.3) is 0 Å². The van der Waals surface area contributed by atoms with Crippen molar-refractivity contribution in [3.8, 4) is 0 Å². The summed E-state index contributed by atoms with van der Waals surface area (Å²) in [6.45, 7) is 5.72. The number of hydrogen-bond acceptors (Lipinski definition) is 11. The SMILES string of the molecule is CC/C=C\C/C=C\C/C=C\C/C=C\C/C=C\CCCC(=O)OC(COC(=O)CCCCCCCC/C=C\C/C=C\C/C=C\C/C=C\CC)COC1OC(C(=O)O)C(O)C(O)C1OC(=O)CCCCCCCCC/C=C\CCCCCCCC. The quantitative estimate of drug-likeness (QED) is 0.0228. The van der Waals surface area contributed by atoms with Crippen LogP contribution in [-0.2, 0) is 42.9 Å². The summed E-state index contributed by atoms with van der Waals surface area (Å²) in [6, 6.07) is 0. The molecule has 0 aromatic rings. The molecule has 83 heavy (non-hydrogen) atoms. The van der Waals surface area contributed by atoms with Crippen LogP contribution in [0, 0.1) is 0 Å². The summed E-state index contributed by atoms with van der Waals surface area (Å²) in [5.41, 5.74) is 0. The Bertz CT molecular complexity index is 1900. The first kappa shape index (κ1) is 76.1. The molecule has 0 saturated carbocycles. The number of esters is 3. The van der Waals surface area contributed by atoms with Gasteiger partial charge in [-0.05, 0) is 122 Å². The number of carboxylic acids is 1. The molecule has 0 aromatic carbocycles. The summed E-state index contributed by atoms with van der Waals surface area (Å²) in [4.78, 5) is 51.3. The van der Waals surface area contributed by atoms with E-state index in [1.165, 1.54) is 51.4 Å². The van der Waals surface area contributed by atoms with Gasteiger partial charge in [-0.15, -0.1) is 0 Å². The lowest BCUT2D eigenvalue weighted by Crippen LogP contribution is -2.61. The minimum Gasteiger partial charge on any atom is -0.479 e. The molecule has 6 unspecified atom stereocenters. The fraction of sp³-hybridized carbons (Fsp3) is 0.662. The summed E-state index contributed by atoms with van der Waals surface area (Å²) in [5, 5.41) is 31.6. The molecule has 1 rings (SSSR count). The molecule has 0 amide bonds. The van der Waals surface area contributed by atoms with Crippen LogP contribution in [0.15, 0.2) is 122 Å². The van der Waals surface area contributed by atoms with Crippen LogP contribution in [0.2, 0.25) is 0 Å². The van der Waals surface area contributed by atoms with Crippen molar-refractivity contribution < 1.29 is 58.2 Å². The second-order valence-electron chi connectivity index (χ2n) is 21.6. The fourth-order valence-corrected chi connectivity index (χ4v) is 9.10. The lowest BCUT2D eigenvalue weighted by atomic mass is 9.98. The van der Waals surface area contributed by atoms with Crippen molar-refractivity contribution >= 4 is 23.9 Å². The number of hydrogen-bond donors (Lipinski definition) is 3. The average Bonchev–Trinajstić information content (AvgIpc) is 3.59. The van der Waals surface area contributed by atoms with E-state index in [2.05, 4.69) is 130 Å². The molecule has 0 aromatic heterocycles. The molecule has 1 aliphatic heterocycles. The first-order valence-corrected chi connectivity index (χ1v) is 32.5. The van der Waals surface area contributed by atoms with Crippen LogP contribution in [0.4, 0.5) is 0 Å². The number of aliphatic hydroxyl groups excluding tert-OH is 2. The van der Waals surface area contributed by atoms with Gasteiger partial charge in [0.15, 0.2) is 24.6 Å². The Morgan fingerprint density at radius 2 is 0.771 bits per heavy atom. The molecule has 0 radical (unpaired) electrons. The van der Waals surface area contributed by atoms with E-state index in [-0.39, 0.29) is 25.9 Å². The zero-order chi connectivity index (χ0) is 60.3. The zero-order valence-electron chi connectivity index (χ0n) is 51.9. The molecule has 0 bridgehead atoms. The van der Waals surface area contributed by atoms with Gasteiger partial charge in [-0.2, -0.15) is 0 Å². The Morgan fingerprint density at radius 1 is 0.410 bits per heavy atom. The van der Waals surface area contributed by atoms with Crippen molar-refractivity contribution in [1.29, 1.82) is 0 Å². The highest BCUT2D eigenvalue weighted by Crippen LogP contribution is 2.26. The summed E-state index contributed by atoms with van der Waals surface area (Å²) >= 11 is 0. The number of carbonyl (C=O) groups is 4. The van der Waals surface area contributed by atoms with Crippen molar-refractivity contribution in [3.05, 3.63) is 122 Å². The van der Waals surface area contributed by atoms with Crippen molar-refractivity contribution in [2.75, 3.05) is 13.2 Å². The predicted molar refractivity (Wildman–Crippen MR) is 340 cm³/mol. The summed E-state index contributed by atoms with van der Waals surface area (Å²) < 4.78 is 28.5. The number of rotatable bonds is 54. The molecule has 470 valence electrons. The molecule has 0 aliphatic carbocycles. The average molecular weight is 1160 g/mol. The molecule has 1 saturated heterocycles. The summed E-state index contributed by atoms with van der Waals surface area (Å²) in [6.07, 6.45) is 67.3. The molecule has 0 spiro atoms. The van der Waals surface area contributed by atoms with Crippen molar-refractivity contribution in [1.82, 2.24) is 0 Å². The summed E-state index contributed by atoms with van der Waals surface area (Å²) in [7, 11) is 0. The first-order chi connectivity index (χ1) is 40.6. The van der Waals surface area contributed by atoms with Crippen LogP contribution in [-0.4, -0.2) is 89.2 Å². The molecule has 1 fully saturated rings. The topological polar surface area (TPSA) is 175 Å². The molecular formula is C71H114O12. The lowest BCUT2D eigenvalue weighted by Gasteiger charge is -2.40. The van der Waals surface area contributed by atoms with Gasteiger partial charge in [0.1, 0.15) is 18.8 Å². The Balaban J connectivity index is 2.71. The van der Waals surface area contributed by atoms with E-state index in [0.29, 0.717) is 25.7 Å². The minimum absolute atomic E-state index is 0.0420. The van der Waals surface area contributed by atoms with Gasteiger partial charge in [0, 0.05) is 19.3 Å². The van der Waals surface area contributed by atoms with E-state index in [0.717, 1.165) is 135 Å². The zero-order valence-corrected chi connectivity index (χ0v) is 51.9. The van der Waals surface area contributed by atoms with Crippen LogP contribution >= 0.6 is 0 Å². The smallest absolute Gasteiger partial charge is 0.335 e. The Labute approximate surface area is 503 Å². The number of unbranched alkanes of at least 4 members (excludes halogenated alkanes) is 20. The first-order valence-electron chi connectivity index (χ1n) is 32.5. The molecular weight excluding hydrogens is 1040 g/mol. The molecule has 12 heteroatoms. The maximum absolute atomic E-state index is 13.2. The summed E-state index contributed by atoms with van der Waals surface area (Å²) in [5.74, 6) is -3.23. The molecule has 1 heterocycles. The highest BCUT2D eigenvalue weighted by Gasteiger charge is 2.50. The minimum atomic E-state index is -1.92. The van der Waals surface area contributed by atoms with Crippen molar-refractivity contribution in [2.24, 2.45) is 0 Å². The predicted octanol–water partition coefficient (Wildman–Crippen LogP) is 17.6. The standard InChI is InChI=1S/C71H114O12/c1-4-7-10-13-16-19-22-25-28-31-32-35-36-39-42-45-48-51-54-57-63(72)79-60-62(81-64(73)58-55-52-49-46-43-40-37-33-29-26-23-20-17-14-11-8-5-2)61-80-71-69(67(76)66(75)68(83-71)70(77)78)82-65(74)59-56-53-50-47-44-41-38-34-30-27-24-21-18-15-12-9-6-3/h7-8,10-11,16-17,19-20,25-30,32,35,37,40,46,49,62,66-69,71,75-76H,4-6,9,12-15,18,21-24,31,33-34,36,38-39,41-45,47-48,50-61H2,1-3H3,(H,77,78)/b10-7-,11-8-,19-16-,20-17-,28-25-,29-26-,30-27-,35-32-,40-37-,49-46-. The monoisotopic (exact) mass is 1160 g/mol. The maximum Gasteiger partial charge on any atom is 0.335 e. The van der Waals surface area contributed by atoms with Crippen LogP contribution in [0.25, 0.3) is 0 Å². The van der Waals surface area contributed by atoms with Crippen LogP contribution in [0.3, 0.4) is 0 Å². The third kappa shape index (κ3) is 47.1. The van der Waals surface area contributed by atoms with Gasteiger partial charge < -0.3 is 39.0 Å². The Morgan fingerprint density at radius 3 is 1.20 bits per heavy atom. The molecule has 12 nitrogen and oxygen atoms in total. The molecule has 1 aliphatic rings. The third-order valence-corrected chi connectivity index (χ3v) is 14.0. The Hall–Kier alpha value is -4.88. The van der Waals surface area contributed by atoms with Gasteiger partial charge >= 0.3 is 23.9 Å². The van der Waals surface area contributed by atoms with E-state index >= 15 is 0 Å². The van der Waals surface area contributed by atoms with E-state index in [1.54, 1.807) is 0 Å². The van der Waals surface area contributed by atoms with Gasteiger partial charge in [0.05, 0.1) is 6.61 Å². The number of aliphatic hydroxyl groups is 2. The van der Waals surface area contributed by atoms with E-state index in [1.807, 2.05) is 12.2 Å². The van der Waals surface area contributed by atoms with E-state index < -0.39 is 67.3 Å². The largest absolute Gasteiger partial charge is 0.479 e. The number of carbonyl (C=O) groups excluding carboxylic acids is 3. The fourth-order valence-electron chi connectivity index (χ4n) is 9.10. The van der Waals surface area contributed by atoms with Gasteiger partial charge in [-0.1, -0.05) is 232 Å². The number of ether oxygens (including phenoxy) is 5. The van der Waals surface area contributed by atoms with Gasteiger partial charge in [0.2, 0.25) is 0 Å². The second kappa shape index (κ2) is 57.5. The lowest BCUT2D eigenvalue weighted by molar-refractivity contribution is -0.301. The van der Waals surface area contributed by atoms with Crippen molar-refractivity contribution in [2.45, 2.75) is 289 Å². The highest BCUT2D eigenvalue weighted by molar-refractivity contribution is 5.74. The van der Waals surface area contributed by atoms with Gasteiger partial charge in [-0.3, -0.25) is 14.4 Å². The van der Waals surface area contributed by atoms with Crippen molar-refractivity contribution in [3.63, 3.8) is 0 Å². The second-order valence-corrected chi connectivity index (χ2v) is 21.6. The number of aliphatic carboxylic acids is 1. The highest BCUT2D eigenvalue weighted by atomic mass is 16.7. The van der Waals surface area contributed by atoms with Crippen LogP contribution in [0.5, 0.6) is 0 Å². The normalized spacial score (nSPS) is 18.4. The molecule has 6 atom stereocenters. The number of allylic oxidation sites excluding steroid dienone is 20. The van der Waals surface area contributed by atoms with E-state index in [4.69, 9.17) is 23.7 Å². The number of carboxylic acid groups (broad SMARTS) is 1. The molecule has 3 N–H and O–H groups in total.